The van der Waals surface area contributed by atoms with Gasteiger partial charge in [-0.15, -0.1) is 0 Å². The Hall–Kier alpha value is -1.65. The van der Waals surface area contributed by atoms with Crippen LogP contribution in [0, 0.1) is 5.82 Å². The largest absolute Gasteiger partial charge is 0.306 e. The van der Waals surface area contributed by atoms with E-state index in [0.717, 1.165) is 6.07 Å². The van der Waals surface area contributed by atoms with E-state index in [4.69, 9.17) is 23.2 Å². The molecule has 0 unspecified atom stereocenters. The van der Waals surface area contributed by atoms with E-state index >= 15 is 0 Å². The first-order chi connectivity index (χ1) is 8.56. The summed E-state index contributed by atoms with van der Waals surface area (Å²) < 4.78 is 13.4. The number of nitrogens with zero attached hydrogens (tertiary/aromatic N) is 1. The lowest BCUT2D eigenvalue weighted by Gasteiger charge is -2.05. The van der Waals surface area contributed by atoms with E-state index in [1.807, 2.05) is 0 Å². The van der Waals surface area contributed by atoms with Crippen molar-refractivity contribution in [2.24, 2.45) is 0 Å². The highest BCUT2D eigenvalue weighted by atomic mass is 35.5. The number of pyridine rings is 1. The van der Waals surface area contributed by atoms with Crippen LogP contribution in [0.2, 0.25) is 10.0 Å². The number of aromatic nitrogens is 1. The number of hydrogen-bond acceptors (Lipinski definition) is 2. The molecular formula is C12H7Cl2FN2O. The molecule has 2 aromatic rings. The van der Waals surface area contributed by atoms with E-state index in [0.29, 0.717) is 5.02 Å². The first kappa shape index (κ1) is 12.8. The normalized spacial score (nSPS) is 10.2. The van der Waals surface area contributed by atoms with Gasteiger partial charge in [-0.3, -0.25) is 4.79 Å². The zero-order valence-corrected chi connectivity index (χ0v) is 10.5. The molecule has 3 nitrogen and oxygen atoms in total. The summed E-state index contributed by atoms with van der Waals surface area (Å²) in [6.45, 7) is 0. The molecule has 0 radical (unpaired) electrons. The number of hydrogen-bond donors (Lipinski definition) is 1. The summed E-state index contributed by atoms with van der Waals surface area (Å²) in [7, 11) is 0. The Morgan fingerprint density at radius 2 is 1.89 bits per heavy atom. The van der Waals surface area contributed by atoms with Crippen LogP contribution in [0.5, 0.6) is 0 Å². The van der Waals surface area contributed by atoms with Crippen LogP contribution in [-0.4, -0.2) is 10.9 Å². The molecule has 0 aliphatic heterocycles. The number of halogens is 3. The quantitative estimate of drug-likeness (QED) is 0.912. The van der Waals surface area contributed by atoms with Crippen LogP contribution in [-0.2, 0) is 0 Å². The SMILES string of the molecule is O=C(Nc1cc(Cl)ccn1)c1cc(Cl)ccc1F. The van der Waals surface area contributed by atoms with Crippen LogP contribution in [0.4, 0.5) is 10.2 Å². The summed E-state index contributed by atoms with van der Waals surface area (Å²) in [4.78, 5) is 15.7. The maximum atomic E-state index is 13.4. The average Bonchev–Trinajstić information content (AvgIpc) is 2.32. The molecule has 0 bridgehead atoms. The lowest BCUT2D eigenvalue weighted by atomic mass is 10.2. The molecule has 0 saturated heterocycles. The molecule has 0 saturated carbocycles. The van der Waals surface area contributed by atoms with Gasteiger partial charge in [-0.05, 0) is 30.3 Å². The number of rotatable bonds is 2. The predicted molar refractivity (Wildman–Crippen MR) is 68.6 cm³/mol. The molecule has 1 aromatic carbocycles. The maximum Gasteiger partial charge on any atom is 0.259 e. The van der Waals surface area contributed by atoms with Crippen molar-refractivity contribution in [3.05, 3.63) is 58.0 Å². The molecule has 1 heterocycles. The Bertz CT molecular complexity index is 604. The topological polar surface area (TPSA) is 42.0 Å². The minimum Gasteiger partial charge on any atom is -0.306 e. The van der Waals surface area contributed by atoms with Gasteiger partial charge in [0.15, 0.2) is 0 Å². The number of amides is 1. The van der Waals surface area contributed by atoms with Crippen LogP contribution in [0.3, 0.4) is 0 Å². The van der Waals surface area contributed by atoms with Crippen LogP contribution < -0.4 is 5.32 Å². The number of anilines is 1. The van der Waals surface area contributed by atoms with Gasteiger partial charge in [-0.2, -0.15) is 0 Å². The standard InChI is InChI=1S/C12H7Cl2FN2O/c13-7-1-2-10(15)9(5-7)12(18)17-11-6-8(14)3-4-16-11/h1-6H,(H,16,17,18). The third-order valence-electron chi connectivity index (χ3n) is 2.14. The van der Waals surface area contributed by atoms with E-state index in [9.17, 15) is 9.18 Å². The van der Waals surface area contributed by atoms with Crippen molar-refractivity contribution in [2.45, 2.75) is 0 Å². The van der Waals surface area contributed by atoms with Crippen molar-refractivity contribution in [1.82, 2.24) is 4.98 Å². The summed E-state index contributed by atoms with van der Waals surface area (Å²) in [6.07, 6.45) is 1.44. The molecule has 0 atom stereocenters. The van der Waals surface area contributed by atoms with Gasteiger partial charge < -0.3 is 5.32 Å². The summed E-state index contributed by atoms with van der Waals surface area (Å²) >= 11 is 11.5. The minimum atomic E-state index is -0.654. The minimum absolute atomic E-state index is 0.149. The van der Waals surface area contributed by atoms with Crippen LogP contribution in [0.15, 0.2) is 36.5 Å². The highest BCUT2D eigenvalue weighted by molar-refractivity contribution is 6.31. The molecule has 0 fully saturated rings. The first-order valence-electron chi connectivity index (χ1n) is 4.94. The highest BCUT2D eigenvalue weighted by Crippen LogP contribution is 2.17. The fourth-order valence-electron chi connectivity index (χ4n) is 1.33. The van der Waals surface area contributed by atoms with Crippen LogP contribution in [0.1, 0.15) is 10.4 Å². The lowest BCUT2D eigenvalue weighted by molar-refractivity contribution is 0.102. The van der Waals surface area contributed by atoms with Crippen LogP contribution >= 0.6 is 23.2 Å². The molecule has 92 valence electrons. The Morgan fingerprint density at radius 1 is 1.17 bits per heavy atom. The van der Waals surface area contributed by atoms with Gasteiger partial charge in [0, 0.05) is 16.2 Å². The number of carbonyl (C=O) groups excluding carboxylic acids is 1. The molecule has 2 rings (SSSR count). The second-order valence-corrected chi connectivity index (χ2v) is 4.31. The Balaban J connectivity index is 2.24. The molecular weight excluding hydrogens is 278 g/mol. The van der Waals surface area contributed by atoms with E-state index in [1.54, 1.807) is 6.07 Å². The molecule has 0 aliphatic rings. The molecule has 0 aliphatic carbocycles. The van der Waals surface area contributed by atoms with Gasteiger partial charge in [0.1, 0.15) is 11.6 Å². The number of carbonyl (C=O) groups is 1. The van der Waals surface area contributed by atoms with Crippen LogP contribution in [0.25, 0.3) is 0 Å². The summed E-state index contributed by atoms with van der Waals surface area (Å²) in [5.41, 5.74) is -0.149. The van der Waals surface area contributed by atoms with Gasteiger partial charge in [0.2, 0.25) is 0 Å². The molecule has 1 aromatic heterocycles. The van der Waals surface area contributed by atoms with E-state index in [1.165, 1.54) is 24.4 Å². The zero-order chi connectivity index (χ0) is 13.1. The fourth-order valence-corrected chi connectivity index (χ4v) is 1.66. The van der Waals surface area contributed by atoms with Gasteiger partial charge in [0.25, 0.3) is 5.91 Å². The Labute approximate surface area is 113 Å². The fraction of sp³-hybridized carbons (Fsp3) is 0. The van der Waals surface area contributed by atoms with Gasteiger partial charge in [-0.1, -0.05) is 23.2 Å². The molecule has 1 amide bonds. The lowest BCUT2D eigenvalue weighted by Crippen LogP contribution is -2.14. The summed E-state index contributed by atoms with van der Waals surface area (Å²) in [6, 6.07) is 6.77. The second kappa shape index (κ2) is 5.33. The highest BCUT2D eigenvalue weighted by Gasteiger charge is 2.13. The van der Waals surface area contributed by atoms with Gasteiger partial charge >= 0.3 is 0 Å². The monoisotopic (exact) mass is 284 g/mol. The number of nitrogens with one attached hydrogen (secondary N) is 1. The van der Waals surface area contributed by atoms with Gasteiger partial charge in [0.05, 0.1) is 5.56 Å². The first-order valence-corrected chi connectivity index (χ1v) is 5.70. The molecule has 0 spiro atoms. The van der Waals surface area contributed by atoms with Crippen molar-refractivity contribution in [2.75, 3.05) is 5.32 Å². The summed E-state index contributed by atoms with van der Waals surface area (Å²) in [5, 5.41) is 3.14. The third-order valence-corrected chi connectivity index (χ3v) is 2.61. The van der Waals surface area contributed by atoms with Gasteiger partial charge in [-0.25, -0.2) is 9.37 Å². The molecule has 1 N–H and O–H groups in total. The van der Waals surface area contributed by atoms with Crippen molar-refractivity contribution < 1.29 is 9.18 Å². The Kier molecular flexibility index (Phi) is 3.79. The predicted octanol–water partition coefficient (Wildman–Crippen LogP) is 3.78. The Morgan fingerprint density at radius 3 is 2.61 bits per heavy atom. The third kappa shape index (κ3) is 2.97. The average molecular weight is 285 g/mol. The van der Waals surface area contributed by atoms with E-state index < -0.39 is 11.7 Å². The maximum absolute atomic E-state index is 13.4. The second-order valence-electron chi connectivity index (χ2n) is 3.44. The smallest absolute Gasteiger partial charge is 0.259 e. The van der Waals surface area contributed by atoms with E-state index in [-0.39, 0.29) is 16.4 Å². The molecule has 18 heavy (non-hydrogen) atoms. The van der Waals surface area contributed by atoms with Crippen molar-refractivity contribution >= 4 is 34.9 Å². The van der Waals surface area contributed by atoms with Crippen molar-refractivity contribution in [3.63, 3.8) is 0 Å². The molecule has 6 heteroatoms. The number of benzene rings is 1. The van der Waals surface area contributed by atoms with E-state index in [2.05, 4.69) is 10.3 Å². The van der Waals surface area contributed by atoms with Crippen molar-refractivity contribution in [3.8, 4) is 0 Å². The zero-order valence-electron chi connectivity index (χ0n) is 8.95. The van der Waals surface area contributed by atoms with Crippen molar-refractivity contribution in [1.29, 1.82) is 0 Å². The summed E-state index contributed by atoms with van der Waals surface area (Å²) in [5.74, 6) is -1.05.